The van der Waals surface area contributed by atoms with E-state index < -0.39 is 0 Å². The Kier molecular flexibility index (Phi) is 4.88. The number of aromatic nitrogens is 1. The third-order valence-corrected chi connectivity index (χ3v) is 5.65. The number of rotatable bonds is 5. The van der Waals surface area contributed by atoms with Crippen molar-refractivity contribution in [2.45, 2.75) is 13.5 Å². The summed E-state index contributed by atoms with van der Waals surface area (Å²) < 4.78 is 10.6. The number of nitrogens with zero attached hydrogens (tertiary/aromatic N) is 1. The standard InChI is InChI=1S/C22H20N2O3S/c1-13-4-6-18-14(8-13)9-15-11-20(28-22(15)24-18)21(25)23-12-16-10-17(26-2)5-7-19(16)27-3/h4-11H,12H2,1-3H3,(H,23,25). The molecule has 28 heavy (non-hydrogen) atoms. The molecule has 5 nitrogen and oxygen atoms in total. The molecule has 2 aromatic heterocycles. The van der Waals surface area contributed by atoms with Gasteiger partial charge in [-0.15, -0.1) is 11.3 Å². The number of carbonyl (C=O) groups is 1. The highest BCUT2D eigenvalue weighted by molar-refractivity contribution is 7.20. The first-order valence-electron chi connectivity index (χ1n) is 8.87. The van der Waals surface area contributed by atoms with Crippen LogP contribution >= 0.6 is 11.3 Å². The minimum absolute atomic E-state index is 0.131. The van der Waals surface area contributed by atoms with E-state index in [0.717, 1.165) is 32.4 Å². The van der Waals surface area contributed by atoms with Crippen molar-refractivity contribution in [2.24, 2.45) is 0 Å². The molecule has 0 radical (unpaired) electrons. The van der Waals surface area contributed by atoms with Crippen LogP contribution in [-0.4, -0.2) is 25.1 Å². The maximum atomic E-state index is 12.7. The molecule has 4 rings (SSSR count). The number of pyridine rings is 1. The molecule has 2 aromatic carbocycles. The number of aryl methyl sites for hydroxylation is 1. The summed E-state index contributed by atoms with van der Waals surface area (Å²) in [6.45, 7) is 2.41. The first-order chi connectivity index (χ1) is 13.6. The average Bonchev–Trinajstić information content (AvgIpc) is 3.12. The normalized spacial score (nSPS) is 11.0. The van der Waals surface area contributed by atoms with Gasteiger partial charge in [0.05, 0.1) is 24.6 Å². The Morgan fingerprint density at radius 2 is 1.89 bits per heavy atom. The van der Waals surface area contributed by atoms with E-state index in [2.05, 4.69) is 24.4 Å². The van der Waals surface area contributed by atoms with E-state index in [1.807, 2.05) is 36.4 Å². The molecule has 0 aliphatic rings. The van der Waals surface area contributed by atoms with Crippen molar-refractivity contribution in [1.82, 2.24) is 10.3 Å². The molecule has 142 valence electrons. The Morgan fingerprint density at radius 3 is 2.68 bits per heavy atom. The fraction of sp³-hybridized carbons (Fsp3) is 0.182. The highest BCUT2D eigenvalue weighted by atomic mass is 32.1. The SMILES string of the molecule is COc1ccc(OC)c(CNC(=O)c2cc3cc4cc(C)ccc4nc3s2)c1. The number of hydrogen-bond donors (Lipinski definition) is 1. The monoisotopic (exact) mass is 392 g/mol. The van der Waals surface area contributed by atoms with E-state index in [1.165, 1.54) is 16.9 Å². The largest absolute Gasteiger partial charge is 0.497 e. The fourth-order valence-electron chi connectivity index (χ4n) is 3.15. The lowest BCUT2D eigenvalue weighted by molar-refractivity contribution is 0.0954. The Labute approximate surface area is 166 Å². The molecule has 4 aromatic rings. The van der Waals surface area contributed by atoms with Gasteiger partial charge < -0.3 is 14.8 Å². The molecule has 2 heterocycles. The van der Waals surface area contributed by atoms with E-state index in [-0.39, 0.29) is 5.91 Å². The number of amides is 1. The summed E-state index contributed by atoms with van der Waals surface area (Å²) in [5.41, 5.74) is 2.98. The van der Waals surface area contributed by atoms with Gasteiger partial charge in [-0.1, -0.05) is 11.6 Å². The minimum Gasteiger partial charge on any atom is -0.497 e. The molecule has 6 heteroatoms. The molecule has 0 saturated carbocycles. The Balaban J connectivity index is 1.58. The van der Waals surface area contributed by atoms with Crippen LogP contribution in [0.1, 0.15) is 20.8 Å². The molecular weight excluding hydrogens is 372 g/mol. The van der Waals surface area contributed by atoms with Crippen molar-refractivity contribution in [3.63, 3.8) is 0 Å². The lowest BCUT2D eigenvalue weighted by Gasteiger charge is -2.11. The second kappa shape index (κ2) is 7.48. The second-order valence-electron chi connectivity index (χ2n) is 6.55. The first-order valence-corrected chi connectivity index (χ1v) is 9.69. The summed E-state index contributed by atoms with van der Waals surface area (Å²) in [6, 6.07) is 15.7. The van der Waals surface area contributed by atoms with Crippen molar-refractivity contribution in [2.75, 3.05) is 14.2 Å². The number of carbonyl (C=O) groups excluding carboxylic acids is 1. The number of ether oxygens (including phenoxy) is 2. The Morgan fingerprint density at radius 1 is 1.04 bits per heavy atom. The van der Waals surface area contributed by atoms with Crippen molar-refractivity contribution in [3.05, 3.63) is 64.5 Å². The summed E-state index contributed by atoms with van der Waals surface area (Å²) in [7, 11) is 3.22. The van der Waals surface area contributed by atoms with Crippen LogP contribution in [0.3, 0.4) is 0 Å². The predicted molar refractivity (Wildman–Crippen MR) is 113 cm³/mol. The van der Waals surface area contributed by atoms with E-state index >= 15 is 0 Å². The smallest absolute Gasteiger partial charge is 0.261 e. The van der Waals surface area contributed by atoms with Crippen LogP contribution in [0, 0.1) is 6.92 Å². The van der Waals surface area contributed by atoms with Gasteiger partial charge in [0.25, 0.3) is 5.91 Å². The zero-order valence-electron chi connectivity index (χ0n) is 15.9. The zero-order chi connectivity index (χ0) is 19.7. The molecule has 0 bridgehead atoms. The van der Waals surface area contributed by atoms with Crippen molar-refractivity contribution in [3.8, 4) is 11.5 Å². The lowest BCUT2D eigenvalue weighted by Crippen LogP contribution is -2.22. The maximum absolute atomic E-state index is 12.7. The summed E-state index contributed by atoms with van der Waals surface area (Å²) in [5, 5.41) is 5.02. The van der Waals surface area contributed by atoms with Crippen LogP contribution in [0.2, 0.25) is 0 Å². The molecule has 0 aliphatic carbocycles. The van der Waals surface area contributed by atoms with Gasteiger partial charge in [-0.25, -0.2) is 4.98 Å². The van der Waals surface area contributed by atoms with Gasteiger partial charge in [-0.05, 0) is 49.4 Å². The number of nitrogens with one attached hydrogen (secondary N) is 1. The van der Waals surface area contributed by atoms with Gasteiger partial charge in [-0.2, -0.15) is 0 Å². The van der Waals surface area contributed by atoms with Crippen LogP contribution < -0.4 is 14.8 Å². The number of fused-ring (bicyclic) bond motifs is 2. The van der Waals surface area contributed by atoms with Gasteiger partial charge in [0.15, 0.2) is 0 Å². The fourth-order valence-corrected chi connectivity index (χ4v) is 4.09. The van der Waals surface area contributed by atoms with Crippen molar-refractivity contribution in [1.29, 1.82) is 0 Å². The van der Waals surface area contributed by atoms with Gasteiger partial charge in [0.2, 0.25) is 0 Å². The molecule has 0 spiro atoms. The van der Waals surface area contributed by atoms with Crippen molar-refractivity contribution < 1.29 is 14.3 Å². The molecule has 0 fully saturated rings. The van der Waals surface area contributed by atoms with Crippen LogP contribution in [0.15, 0.2) is 48.5 Å². The molecule has 1 amide bonds. The van der Waals surface area contributed by atoms with Crippen LogP contribution in [0.5, 0.6) is 11.5 Å². The lowest BCUT2D eigenvalue weighted by atomic mass is 10.1. The number of thiophene rings is 1. The van der Waals surface area contributed by atoms with Crippen molar-refractivity contribution >= 4 is 38.4 Å². The van der Waals surface area contributed by atoms with Gasteiger partial charge in [0, 0.05) is 22.9 Å². The predicted octanol–water partition coefficient (Wildman–Crippen LogP) is 4.71. The molecule has 0 atom stereocenters. The molecule has 1 N–H and O–H groups in total. The van der Waals surface area contributed by atoms with Crippen LogP contribution in [-0.2, 0) is 6.54 Å². The number of benzene rings is 2. The van der Waals surface area contributed by atoms with Gasteiger partial charge >= 0.3 is 0 Å². The maximum Gasteiger partial charge on any atom is 0.261 e. The third kappa shape index (κ3) is 3.51. The quantitative estimate of drug-likeness (QED) is 0.535. The van der Waals surface area contributed by atoms with E-state index in [1.54, 1.807) is 14.2 Å². The Bertz CT molecular complexity index is 1180. The first kappa shape index (κ1) is 18.3. The average molecular weight is 392 g/mol. The van der Waals surface area contributed by atoms with Crippen LogP contribution in [0.25, 0.3) is 21.1 Å². The summed E-state index contributed by atoms with van der Waals surface area (Å²) in [5.74, 6) is 1.30. The molecule has 0 saturated heterocycles. The summed E-state index contributed by atoms with van der Waals surface area (Å²) in [4.78, 5) is 18.9. The van der Waals surface area contributed by atoms with E-state index in [9.17, 15) is 4.79 Å². The third-order valence-electron chi connectivity index (χ3n) is 4.61. The topological polar surface area (TPSA) is 60.5 Å². The summed E-state index contributed by atoms with van der Waals surface area (Å²) >= 11 is 1.40. The number of methoxy groups -OCH3 is 2. The number of hydrogen-bond acceptors (Lipinski definition) is 5. The van der Waals surface area contributed by atoms with Crippen LogP contribution in [0.4, 0.5) is 0 Å². The molecule has 0 aliphatic heterocycles. The highest BCUT2D eigenvalue weighted by Gasteiger charge is 2.13. The molecular formula is C22H20N2O3S. The van der Waals surface area contributed by atoms with Gasteiger partial charge in [-0.3, -0.25) is 4.79 Å². The molecule has 0 unspecified atom stereocenters. The minimum atomic E-state index is -0.131. The van der Waals surface area contributed by atoms with E-state index in [4.69, 9.17) is 14.5 Å². The zero-order valence-corrected chi connectivity index (χ0v) is 16.7. The second-order valence-corrected chi connectivity index (χ2v) is 7.58. The Hall–Kier alpha value is -3.12. The van der Waals surface area contributed by atoms with E-state index in [0.29, 0.717) is 17.2 Å². The van der Waals surface area contributed by atoms with Gasteiger partial charge in [0.1, 0.15) is 16.3 Å². The summed E-state index contributed by atoms with van der Waals surface area (Å²) in [6.07, 6.45) is 0. The highest BCUT2D eigenvalue weighted by Crippen LogP contribution is 2.28.